The van der Waals surface area contributed by atoms with Crippen LogP contribution in [0.15, 0.2) is 28.2 Å². The van der Waals surface area contributed by atoms with Gasteiger partial charge in [0.15, 0.2) is 5.78 Å². The third-order valence-corrected chi connectivity index (χ3v) is 2.75. The van der Waals surface area contributed by atoms with Crippen LogP contribution in [0.3, 0.4) is 0 Å². The highest BCUT2D eigenvalue weighted by molar-refractivity contribution is 5.95. The number of rotatable bonds is 9. The fourth-order valence-electron chi connectivity index (χ4n) is 1.84. The Morgan fingerprint density at radius 2 is 2.00 bits per heavy atom. The lowest BCUT2D eigenvalue weighted by atomic mass is 10.1. The number of Topliss-reactive ketones (excluding diaryl/α,β-unsaturated/α-hetero) is 1. The van der Waals surface area contributed by atoms with Gasteiger partial charge in [-0.2, -0.15) is 0 Å². The molecule has 0 spiro atoms. The maximum atomic E-state index is 12.1. The minimum absolute atomic E-state index is 0.0904. The summed E-state index contributed by atoms with van der Waals surface area (Å²) in [5.41, 5.74) is 1.75. The van der Waals surface area contributed by atoms with Gasteiger partial charge in [0, 0.05) is 30.3 Å². The molecule has 0 aliphatic heterocycles. The molecule has 0 radical (unpaired) electrons. The molecule has 0 saturated carbocycles. The molecular weight excluding hydrogens is 238 g/mol. The zero-order valence-corrected chi connectivity index (χ0v) is 12.8. The molecule has 0 amide bonds. The first-order chi connectivity index (χ1) is 8.96. The quantitative estimate of drug-likeness (QED) is 0.498. The van der Waals surface area contributed by atoms with Crippen LogP contribution in [0.1, 0.15) is 47.5 Å². The minimum Gasteiger partial charge on any atom is -0.386 e. The van der Waals surface area contributed by atoms with Gasteiger partial charge in [0.05, 0.1) is 0 Å². The largest absolute Gasteiger partial charge is 0.386 e. The summed E-state index contributed by atoms with van der Waals surface area (Å²) in [5.74, 6) is 0.674. The van der Waals surface area contributed by atoms with Crippen LogP contribution in [0.2, 0.25) is 0 Å². The van der Waals surface area contributed by atoms with Crippen molar-refractivity contribution in [3.05, 3.63) is 23.2 Å². The van der Waals surface area contributed by atoms with Crippen LogP contribution in [0.25, 0.3) is 0 Å². The third kappa shape index (κ3) is 6.79. The van der Waals surface area contributed by atoms with E-state index in [4.69, 9.17) is 0 Å². The van der Waals surface area contributed by atoms with Crippen LogP contribution >= 0.6 is 0 Å². The summed E-state index contributed by atoms with van der Waals surface area (Å²) in [6.45, 7) is 14.1. The van der Waals surface area contributed by atoms with Crippen LogP contribution < -0.4 is 10.6 Å². The summed E-state index contributed by atoms with van der Waals surface area (Å²) in [7, 11) is 0. The van der Waals surface area contributed by atoms with E-state index in [-0.39, 0.29) is 11.8 Å². The maximum Gasteiger partial charge on any atom is 0.164 e. The Bertz CT molecular complexity index is 370. The summed E-state index contributed by atoms with van der Waals surface area (Å²) in [6.07, 6.45) is 3.55. The van der Waals surface area contributed by atoms with Gasteiger partial charge >= 0.3 is 0 Å². The Hall–Kier alpha value is -1.58. The number of aliphatic imine (C=N–C) groups is 1. The number of nitrogens with one attached hydrogen (secondary N) is 2. The van der Waals surface area contributed by atoms with Crippen LogP contribution in [0.4, 0.5) is 0 Å². The number of allylic oxidation sites excluding steroid dienone is 3. The van der Waals surface area contributed by atoms with Crippen LogP contribution in [-0.2, 0) is 4.79 Å². The molecule has 0 aliphatic rings. The number of nitrogens with zero attached hydrogens (tertiary/aromatic N) is 1. The molecule has 0 bridgehead atoms. The summed E-state index contributed by atoms with van der Waals surface area (Å²) >= 11 is 0. The van der Waals surface area contributed by atoms with E-state index in [0.717, 1.165) is 18.7 Å². The number of carbonyl (C=O) groups excluding carboxylic acids is 1. The van der Waals surface area contributed by atoms with Gasteiger partial charge in [0.25, 0.3) is 0 Å². The van der Waals surface area contributed by atoms with E-state index in [2.05, 4.69) is 35.3 Å². The summed E-state index contributed by atoms with van der Waals surface area (Å²) < 4.78 is 0. The highest BCUT2D eigenvalue weighted by Gasteiger charge is 2.13. The maximum absolute atomic E-state index is 12.1. The van der Waals surface area contributed by atoms with Crippen molar-refractivity contribution in [1.82, 2.24) is 10.6 Å². The second-order valence-electron chi connectivity index (χ2n) is 4.63. The van der Waals surface area contributed by atoms with Gasteiger partial charge in [0.2, 0.25) is 0 Å². The van der Waals surface area contributed by atoms with Crippen molar-refractivity contribution in [3.63, 3.8) is 0 Å². The first kappa shape index (κ1) is 17.4. The highest BCUT2D eigenvalue weighted by Crippen LogP contribution is 2.08. The predicted octanol–water partition coefficient (Wildman–Crippen LogP) is 2.78. The lowest BCUT2D eigenvalue weighted by Gasteiger charge is -2.16. The van der Waals surface area contributed by atoms with E-state index >= 15 is 0 Å². The van der Waals surface area contributed by atoms with Gasteiger partial charge in [-0.3, -0.25) is 4.79 Å². The molecule has 0 fully saturated rings. The van der Waals surface area contributed by atoms with Crippen molar-refractivity contribution >= 4 is 12.5 Å². The average Bonchev–Trinajstić information content (AvgIpc) is 2.34. The molecule has 0 saturated heterocycles. The van der Waals surface area contributed by atoms with Crippen molar-refractivity contribution in [1.29, 1.82) is 0 Å². The lowest BCUT2D eigenvalue weighted by molar-refractivity contribution is -0.115. The van der Waals surface area contributed by atoms with Gasteiger partial charge in [-0.05, 0) is 40.8 Å². The zero-order chi connectivity index (χ0) is 14.8. The molecular formula is C15H27N3O. The van der Waals surface area contributed by atoms with Crippen molar-refractivity contribution < 1.29 is 4.79 Å². The number of ketones is 1. The summed E-state index contributed by atoms with van der Waals surface area (Å²) in [6, 6.07) is 0.109. The second-order valence-corrected chi connectivity index (χ2v) is 4.63. The molecule has 4 heteroatoms. The Labute approximate surface area is 117 Å². The van der Waals surface area contributed by atoms with Crippen LogP contribution in [-0.4, -0.2) is 25.1 Å². The summed E-state index contributed by atoms with van der Waals surface area (Å²) in [5, 5.41) is 6.35. The molecule has 0 heterocycles. The van der Waals surface area contributed by atoms with E-state index < -0.39 is 0 Å². The molecule has 4 nitrogen and oxygen atoms in total. The first-order valence-electron chi connectivity index (χ1n) is 6.84. The Kier molecular flexibility index (Phi) is 8.58. The SMILES string of the molecule is C=N/C(NCC)=C(/C)C(=O)C[C@H](C)N/C(C)=C/CC. The van der Waals surface area contributed by atoms with Crippen LogP contribution in [0.5, 0.6) is 0 Å². The average molecular weight is 265 g/mol. The molecule has 108 valence electrons. The van der Waals surface area contributed by atoms with Gasteiger partial charge < -0.3 is 10.6 Å². The number of carbonyl (C=O) groups is 1. The Balaban J connectivity index is 4.59. The Morgan fingerprint density at radius 1 is 1.37 bits per heavy atom. The predicted molar refractivity (Wildman–Crippen MR) is 82.2 cm³/mol. The van der Waals surface area contributed by atoms with Crippen molar-refractivity contribution in [2.24, 2.45) is 4.99 Å². The van der Waals surface area contributed by atoms with E-state index in [1.165, 1.54) is 0 Å². The van der Waals surface area contributed by atoms with Gasteiger partial charge in [-0.1, -0.05) is 13.0 Å². The van der Waals surface area contributed by atoms with Gasteiger partial charge in [-0.25, -0.2) is 4.99 Å². The monoisotopic (exact) mass is 265 g/mol. The second kappa shape index (κ2) is 9.36. The van der Waals surface area contributed by atoms with Crippen LogP contribution in [0, 0.1) is 0 Å². The van der Waals surface area contributed by atoms with Crippen molar-refractivity contribution in [3.8, 4) is 0 Å². The molecule has 19 heavy (non-hydrogen) atoms. The van der Waals surface area contributed by atoms with E-state index in [1.54, 1.807) is 6.92 Å². The molecule has 0 aromatic rings. The third-order valence-electron chi connectivity index (χ3n) is 2.75. The molecule has 0 aromatic carbocycles. The van der Waals surface area contributed by atoms with E-state index in [1.807, 2.05) is 20.8 Å². The van der Waals surface area contributed by atoms with Crippen molar-refractivity contribution in [2.75, 3.05) is 6.54 Å². The molecule has 0 rings (SSSR count). The first-order valence-corrected chi connectivity index (χ1v) is 6.84. The molecule has 0 unspecified atom stereocenters. The fourth-order valence-corrected chi connectivity index (χ4v) is 1.84. The molecule has 2 N–H and O–H groups in total. The number of hydrogen-bond acceptors (Lipinski definition) is 4. The number of hydrogen-bond donors (Lipinski definition) is 2. The van der Waals surface area contributed by atoms with E-state index in [9.17, 15) is 4.79 Å². The standard InChI is InChI=1S/C15H27N3O/c1-7-9-11(3)18-12(4)10-14(19)13(5)15(16-6)17-8-2/h9,12,17-18H,6-8,10H2,1-5H3/b11-9+,15-13+/t12-/m0/s1. The van der Waals surface area contributed by atoms with Crippen molar-refractivity contribution in [2.45, 2.75) is 53.5 Å². The minimum atomic E-state index is 0.0904. The topological polar surface area (TPSA) is 53.5 Å². The van der Waals surface area contributed by atoms with Gasteiger partial charge in [-0.15, -0.1) is 0 Å². The van der Waals surface area contributed by atoms with E-state index in [0.29, 0.717) is 17.8 Å². The zero-order valence-electron chi connectivity index (χ0n) is 12.8. The highest BCUT2D eigenvalue weighted by atomic mass is 16.1. The molecule has 0 aromatic heterocycles. The molecule has 0 aliphatic carbocycles. The normalized spacial score (nSPS) is 14.5. The summed E-state index contributed by atoms with van der Waals surface area (Å²) in [4.78, 5) is 16.0. The van der Waals surface area contributed by atoms with Gasteiger partial charge in [0.1, 0.15) is 5.82 Å². The lowest BCUT2D eigenvalue weighted by Crippen LogP contribution is -2.28. The molecule has 1 atom stereocenters. The smallest absolute Gasteiger partial charge is 0.164 e. The fraction of sp³-hybridized carbons (Fsp3) is 0.600. The Morgan fingerprint density at radius 3 is 2.47 bits per heavy atom.